The number of aliphatic carboxylic acids is 1. The maximum atomic E-state index is 11.1. The number of carboxylic acid groups (broad SMARTS) is 1. The molecule has 0 spiro atoms. The maximum Gasteiger partial charge on any atom is 0.328 e. The number of nitro groups is 1. The second-order valence-electron chi connectivity index (χ2n) is 4.13. The molecule has 0 fully saturated rings. The Hall–Kier alpha value is -2.69. The smallest absolute Gasteiger partial charge is 0.328 e. The van der Waals surface area contributed by atoms with Gasteiger partial charge in [0.25, 0.3) is 0 Å². The highest BCUT2D eigenvalue weighted by atomic mass is 16.6. The number of nitriles is 1. The SMILES string of the molecule is CC(C)C(Nc1nccc(C#N)c1[N+](=O)[O-])C(=O)O. The zero-order chi connectivity index (χ0) is 14.6. The van der Waals surface area contributed by atoms with Crippen molar-refractivity contribution >= 4 is 17.5 Å². The number of rotatable bonds is 5. The lowest BCUT2D eigenvalue weighted by atomic mass is 10.0. The van der Waals surface area contributed by atoms with Gasteiger partial charge < -0.3 is 10.4 Å². The maximum absolute atomic E-state index is 11.1. The fourth-order valence-corrected chi connectivity index (χ4v) is 1.50. The Balaban J connectivity index is 3.25. The predicted octanol–water partition coefficient (Wildman–Crippen LogP) is 1.38. The average molecular weight is 264 g/mol. The summed E-state index contributed by atoms with van der Waals surface area (Å²) in [4.78, 5) is 25.0. The molecule has 0 saturated heterocycles. The van der Waals surface area contributed by atoms with Crippen molar-refractivity contribution in [3.8, 4) is 6.07 Å². The number of pyridine rings is 1. The molecule has 1 aromatic heterocycles. The molecule has 1 aromatic rings. The Morgan fingerprint density at radius 1 is 1.63 bits per heavy atom. The van der Waals surface area contributed by atoms with Crippen molar-refractivity contribution in [1.82, 2.24) is 4.98 Å². The zero-order valence-electron chi connectivity index (χ0n) is 10.3. The van der Waals surface area contributed by atoms with Crippen molar-refractivity contribution in [3.05, 3.63) is 27.9 Å². The van der Waals surface area contributed by atoms with Crippen molar-refractivity contribution in [2.75, 3.05) is 5.32 Å². The third kappa shape index (κ3) is 3.16. The molecule has 1 heterocycles. The van der Waals surface area contributed by atoms with Gasteiger partial charge in [0.05, 0.1) is 4.92 Å². The van der Waals surface area contributed by atoms with E-state index < -0.39 is 22.6 Å². The normalized spacial score (nSPS) is 11.7. The van der Waals surface area contributed by atoms with E-state index in [4.69, 9.17) is 10.4 Å². The minimum absolute atomic E-state index is 0.171. The Kier molecular flexibility index (Phi) is 4.36. The molecule has 100 valence electrons. The second kappa shape index (κ2) is 5.77. The van der Waals surface area contributed by atoms with Crippen molar-refractivity contribution < 1.29 is 14.8 Å². The van der Waals surface area contributed by atoms with Crippen molar-refractivity contribution in [1.29, 1.82) is 5.26 Å². The van der Waals surface area contributed by atoms with E-state index in [1.807, 2.05) is 0 Å². The molecule has 19 heavy (non-hydrogen) atoms. The predicted molar refractivity (Wildman–Crippen MR) is 65.5 cm³/mol. The number of carboxylic acids is 1. The van der Waals surface area contributed by atoms with Gasteiger partial charge in [-0.05, 0) is 12.0 Å². The van der Waals surface area contributed by atoms with Crippen LogP contribution >= 0.6 is 0 Å². The summed E-state index contributed by atoms with van der Waals surface area (Å²) in [6.45, 7) is 3.32. The Labute approximate surface area is 108 Å². The highest BCUT2D eigenvalue weighted by molar-refractivity contribution is 5.79. The second-order valence-corrected chi connectivity index (χ2v) is 4.13. The van der Waals surface area contributed by atoms with Crippen LogP contribution in [0.4, 0.5) is 11.5 Å². The first kappa shape index (κ1) is 14.4. The Morgan fingerprint density at radius 2 is 2.26 bits per heavy atom. The number of hydrogen-bond donors (Lipinski definition) is 2. The van der Waals surface area contributed by atoms with Crippen LogP contribution in [0.5, 0.6) is 0 Å². The lowest BCUT2D eigenvalue weighted by molar-refractivity contribution is -0.384. The lowest BCUT2D eigenvalue weighted by Crippen LogP contribution is -2.34. The van der Waals surface area contributed by atoms with Crippen LogP contribution in [0.25, 0.3) is 0 Å². The molecule has 0 saturated carbocycles. The van der Waals surface area contributed by atoms with Gasteiger partial charge in [0, 0.05) is 6.20 Å². The van der Waals surface area contributed by atoms with E-state index in [1.54, 1.807) is 19.9 Å². The molecule has 0 aliphatic rings. The Morgan fingerprint density at radius 3 is 2.68 bits per heavy atom. The van der Waals surface area contributed by atoms with Crippen LogP contribution in [-0.4, -0.2) is 27.0 Å². The summed E-state index contributed by atoms with van der Waals surface area (Å²) in [7, 11) is 0. The summed E-state index contributed by atoms with van der Waals surface area (Å²) < 4.78 is 0. The molecule has 1 unspecified atom stereocenters. The van der Waals surface area contributed by atoms with Gasteiger partial charge in [-0.15, -0.1) is 0 Å². The summed E-state index contributed by atoms with van der Waals surface area (Å²) in [5.74, 6) is -1.66. The molecule has 2 N–H and O–H groups in total. The van der Waals surface area contributed by atoms with Gasteiger partial charge in [-0.3, -0.25) is 10.1 Å². The van der Waals surface area contributed by atoms with Crippen LogP contribution in [0.3, 0.4) is 0 Å². The van der Waals surface area contributed by atoms with E-state index in [0.717, 1.165) is 0 Å². The first-order chi connectivity index (χ1) is 8.88. The number of aromatic nitrogens is 1. The van der Waals surface area contributed by atoms with Gasteiger partial charge >= 0.3 is 11.7 Å². The minimum atomic E-state index is -1.14. The highest BCUT2D eigenvalue weighted by Crippen LogP contribution is 2.27. The van der Waals surface area contributed by atoms with Crippen LogP contribution in [0.2, 0.25) is 0 Å². The molecule has 1 rings (SSSR count). The molecule has 0 amide bonds. The number of nitrogens with zero attached hydrogens (tertiary/aromatic N) is 3. The summed E-state index contributed by atoms with van der Waals surface area (Å²) >= 11 is 0. The number of carbonyl (C=O) groups is 1. The highest BCUT2D eigenvalue weighted by Gasteiger charge is 2.27. The first-order valence-corrected chi connectivity index (χ1v) is 5.41. The van der Waals surface area contributed by atoms with E-state index in [-0.39, 0.29) is 17.3 Å². The van der Waals surface area contributed by atoms with Gasteiger partial charge in [0.15, 0.2) is 0 Å². The van der Waals surface area contributed by atoms with E-state index in [0.29, 0.717) is 0 Å². The average Bonchev–Trinajstić information content (AvgIpc) is 2.34. The molecular formula is C11H12N4O4. The quantitative estimate of drug-likeness (QED) is 0.606. The largest absolute Gasteiger partial charge is 0.480 e. The minimum Gasteiger partial charge on any atom is -0.480 e. The fraction of sp³-hybridized carbons (Fsp3) is 0.364. The molecule has 0 radical (unpaired) electrons. The van der Waals surface area contributed by atoms with Crippen LogP contribution in [0, 0.1) is 27.4 Å². The molecule has 0 aliphatic heterocycles. The summed E-state index contributed by atoms with van der Waals surface area (Å²) in [6.07, 6.45) is 1.22. The van der Waals surface area contributed by atoms with Crippen LogP contribution in [0.15, 0.2) is 12.3 Å². The number of nitrogens with one attached hydrogen (secondary N) is 1. The molecule has 0 aromatic carbocycles. The van der Waals surface area contributed by atoms with E-state index in [9.17, 15) is 14.9 Å². The fourth-order valence-electron chi connectivity index (χ4n) is 1.50. The van der Waals surface area contributed by atoms with Gasteiger partial charge in [-0.1, -0.05) is 13.8 Å². The van der Waals surface area contributed by atoms with Gasteiger partial charge in [-0.25, -0.2) is 9.78 Å². The molecule has 1 atom stereocenters. The third-order valence-corrected chi connectivity index (χ3v) is 2.45. The number of anilines is 1. The van der Waals surface area contributed by atoms with Gasteiger partial charge in [0.2, 0.25) is 5.82 Å². The van der Waals surface area contributed by atoms with Crippen molar-refractivity contribution in [2.45, 2.75) is 19.9 Å². The molecular weight excluding hydrogens is 252 g/mol. The monoisotopic (exact) mass is 264 g/mol. The van der Waals surface area contributed by atoms with E-state index in [1.165, 1.54) is 12.3 Å². The third-order valence-electron chi connectivity index (χ3n) is 2.45. The summed E-state index contributed by atoms with van der Waals surface area (Å²) in [5.41, 5.74) is -0.688. The topological polar surface area (TPSA) is 129 Å². The molecule has 8 heteroatoms. The van der Waals surface area contributed by atoms with Crippen molar-refractivity contribution in [3.63, 3.8) is 0 Å². The first-order valence-electron chi connectivity index (χ1n) is 5.41. The van der Waals surface area contributed by atoms with Crippen LogP contribution in [0.1, 0.15) is 19.4 Å². The van der Waals surface area contributed by atoms with Crippen LogP contribution < -0.4 is 5.32 Å². The van der Waals surface area contributed by atoms with Gasteiger partial charge in [-0.2, -0.15) is 5.26 Å². The van der Waals surface area contributed by atoms with E-state index in [2.05, 4.69) is 10.3 Å². The number of hydrogen-bond acceptors (Lipinski definition) is 6. The molecule has 8 nitrogen and oxygen atoms in total. The van der Waals surface area contributed by atoms with E-state index >= 15 is 0 Å². The Bertz CT molecular complexity index is 550. The molecule has 0 aliphatic carbocycles. The molecule has 0 bridgehead atoms. The van der Waals surface area contributed by atoms with Crippen molar-refractivity contribution in [2.24, 2.45) is 5.92 Å². The summed E-state index contributed by atoms with van der Waals surface area (Å²) in [5, 5.41) is 31.3. The zero-order valence-corrected chi connectivity index (χ0v) is 10.3. The lowest BCUT2D eigenvalue weighted by Gasteiger charge is -2.18. The standard InChI is InChI=1S/C11H12N4O4/c1-6(2)8(11(16)17)14-10-9(15(18)19)7(5-12)3-4-13-10/h3-4,6,8H,1-2H3,(H,13,14)(H,16,17). The van der Waals surface area contributed by atoms with Gasteiger partial charge in [0.1, 0.15) is 17.7 Å². The van der Waals surface area contributed by atoms with Crippen LogP contribution in [-0.2, 0) is 4.79 Å². The summed E-state index contributed by atoms with van der Waals surface area (Å²) in [6, 6.07) is 1.86.